The van der Waals surface area contributed by atoms with Crippen molar-refractivity contribution in [3.63, 3.8) is 0 Å². The van der Waals surface area contributed by atoms with E-state index in [4.69, 9.17) is 26.1 Å². The van der Waals surface area contributed by atoms with E-state index in [0.29, 0.717) is 64.0 Å². The van der Waals surface area contributed by atoms with E-state index in [0.717, 1.165) is 11.1 Å². The van der Waals surface area contributed by atoms with Crippen LogP contribution in [0.1, 0.15) is 23.1 Å². The quantitative estimate of drug-likeness (QED) is 0.0645. The number of fused-ring (bicyclic) bond motifs is 1. The van der Waals surface area contributed by atoms with Gasteiger partial charge < -0.3 is 29.4 Å². The number of hydrogen-bond donors (Lipinski definition) is 1. The Morgan fingerprint density at radius 2 is 1.91 bits per heavy atom. The van der Waals surface area contributed by atoms with Gasteiger partial charge in [0.05, 0.1) is 59.2 Å². The van der Waals surface area contributed by atoms with E-state index in [2.05, 4.69) is 20.3 Å². The van der Waals surface area contributed by atoms with Crippen LogP contribution >= 0.6 is 11.6 Å². The molecule has 0 aliphatic carbocycles. The summed E-state index contributed by atoms with van der Waals surface area (Å²) < 4.78 is 11.4. The minimum atomic E-state index is -0.456. The molecule has 16 heteroatoms. The number of rotatable bonds is 15. The summed E-state index contributed by atoms with van der Waals surface area (Å²) in [5, 5.41) is 14.6. The van der Waals surface area contributed by atoms with E-state index in [1.54, 1.807) is 59.9 Å². The van der Waals surface area contributed by atoms with Gasteiger partial charge in [0.25, 0.3) is 0 Å². The summed E-state index contributed by atoms with van der Waals surface area (Å²) in [7, 11) is 6.90. The van der Waals surface area contributed by atoms with Gasteiger partial charge in [-0.3, -0.25) is 14.6 Å². The molecule has 2 aliphatic rings. The third-order valence-electron chi connectivity index (χ3n) is 8.81. The van der Waals surface area contributed by atoms with E-state index >= 15 is 0 Å². The number of urea groups is 1. The normalized spacial score (nSPS) is 14.1. The molecule has 0 saturated carbocycles. The first-order valence-electron chi connectivity index (χ1n) is 17.0. The van der Waals surface area contributed by atoms with E-state index < -0.39 is 11.0 Å². The molecular weight excluding hydrogens is 714 g/mol. The van der Waals surface area contributed by atoms with Crippen molar-refractivity contribution in [2.75, 3.05) is 56.5 Å². The number of nitrogens with zero attached hydrogens (tertiary/aromatic N) is 8. The first-order valence-corrected chi connectivity index (χ1v) is 17.3. The van der Waals surface area contributed by atoms with Gasteiger partial charge in [-0.2, -0.15) is 4.98 Å². The summed E-state index contributed by atoms with van der Waals surface area (Å²) in [6.45, 7) is 1.19. The van der Waals surface area contributed by atoms with E-state index in [1.165, 1.54) is 19.1 Å². The van der Waals surface area contributed by atoms with Crippen LogP contribution in [0.5, 0.6) is 11.5 Å². The lowest BCUT2D eigenvalue weighted by molar-refractivity contribution is -0.880. The van der Waals surface area contributed by atoms with Crippen molar-refractivity contribution in [1.29, 1.82) is 0 Å². The number of likely N-dealkylation sites (N-methyl/N-ethyl adjacent to an activating group) is 1. The average molecular weight is 753 g/mol. The molecule has 2 aromatic heterocycles. The fourth-order valence-corrected chi connectivity index (χ4v) is 6.54. The molecule has 54 heavy (non-hydrogen) atoms. The van der Waals surface area contributed by atoms with Crippen LogP contribution in [0.25, 0.3) is 0 Å². The second-order valence-electron chi connectivity index (χ2n) is 13.3. The van der Waals surface area contributed by atoms with Crippen molar-refractivity contribution in [2.24, 2.45) is 4.99 Å². The largest absolute Gasteiger partial charge is 0.497 e. The smallest absolute Gasteiger partial charge is 0.368 e. The molecule has 4 heterocycles. The molecule has 278 valence electrons. The highest BCUT2D eigenvalue weighted by Crippen LogP contribution is 2.42. The number of nitro groups is 1. The van der Waals surface area contributed by atoms with Crippen LogP contribution in [0.4, 0.5) is 28.1 Å². The number of methoxy groups -OCH3 is 2. The molecule has 0 saturated heterocycles. The Kier molecular flexibility index (Phi) is 11.3. The number of hydrogen-bond acceptors (Lipinski definition) is 11. The number of aromatic nitrogens is 3. The van der Waals surface area contributed by atoms with Crippen molar-refractivity contribution in [2.45, 2.75) is 25.9 Å². The summed E-state index contributed by atoms with van der Waals surface area (Å²) in [6.07, 6.45) is 8.78. The minimum Gasteiger partial charge on any atom is -0.497 e. The number of carbonyl (C=O) groups excluding carboxylic acids is 2. The Hall–Kier alpha value is -6.19. The van der Waals surface area contributed by atoms with Gasteiger partial charge in [-0.25, -0.2) is 14.8 Å². The van der Waals surface area contributed by atoms with Crippen molar-refractivity contribution in [3.05, 3.63) is 122 Å². The summed E-state index contributed by atoms with van der Waals surface area (Å²) in [5.74, 6) is 1.82. The van der Waals surface area contributed by atoms with Crippen LogP contribution in [-0.2, 0) is 24.3 Å². The molecule has 0 unspecified atom stereocenters. The maximum atomic E-state index is 14.4. The molecule has 15 nitrogen and oxygen atoms in total. The second kappa shape index (κ2) is 16.2. The van der Waals surface area contributed by atoms with Gasteiger partial charge in [0.2, 0.25) is 5.95 Å². The zero-order valence-electron chi connectivity index (χ0n) is 30.2. The fraction of sp³-hybridized carbons (Fsp3) is 0.263. The number of ketones is 1. The standard InChI is InChI=1S/C38H39ClN9O6/c1-48(2,24-27-13-15-41-35(27)47(51)52)16-8-11-29(49)18-25-9-7-10-26(17-25)22-46-36-28(21-42-37(44-36)43-33-12-5-6-14-40-33)23-45(38(46)50)31-19-30(53-3)20-32(54-4)34(31)39/h5-12,14-15,17,19-21H,13,16,18,22-24H2,1-4H3,(H,40,42,43,44)/q+1/b11-8+. The molecule has 0 spiro atoms. The average Bonchev–Trinajstić information content (AvgIpc) is 3.61. The number of anilines is 4. The Balaban J connectivity index is 1.23. The summed E-state index contributed by atoms with van der Waals surface area (Å²) in [4.78, 5) is 58.9. The van der Waals surface area contributed by atoms with Crippen molar-refractivity contribution in [1.82, 2.24) is 15.0 Å². The van der Waals surface area contributed by atoms with Crippen molar-refractivity contribution in [3.8, 4) is 11.5 Å². The molecule has 0 radical (unpaired) electrons. The van der Waals surface area contributed by atoms with E-state index in [9.17, 15) is 19.7 Å². The van der Waals surface area contributed by atoms with Crippen LogP contribution in [0, 0.1) is 10.1 Å². The summed E-state index contributed by atoms with van der Waals surface area (Å²) >= 11 is 6.76. The highest BCUT2D eigenvalue weighted by atomic mass is 35.5. The zero-order chi connectivity index (χ0) is 38.4. The highest BCUT2D eigenvalue weighted by Gasteiger charge is 2.35. The fourth-order valence-electron chi connectivity index (χ4n) is 6.25. The summed E-state index contributed by atoms with van der Waals surface area (Å²) in [6, 6.07) is 15.8. The third kappa shape index (κ3) is 8.70. The SMILES string of the molecule is COc1cc(OC)c(Cl)c(N2Cc3cnc(Nc4ccccn4)nc3N(Cc3cccc(CC(=O)/C=C/C[N+](C)(C)CC4=C([N+](=O)[O-])N=CC4)c3)C2=O)c1. The highest BCUT2D eigenvalue weighted by molar-refractivity contribution is 6.35. The van der Waals surface area contributed by atoms with Gasteiger partial charge in [-0.15, -0.1) is 0 Å². The van der Waals surface area contributed by atoms with Gasteiger partial charge in [-0.1, -0.05) is 46.9 Å². The molecular formula is C38H39ClN9O6+. The minimum absolute atomic E-state index is 0.0954. The topological polar surface area (TPSA) is 165 Å². The van der Waals surface area contributed by atoms with Crippen LogP contribution in [-0.4, -0.2) is 83.8 Å². The molecule has 1 N–H and O–H groups in total. The number of benzene rings is 2. The van der Waals surface area contributed by atoms with Gasteiger partial charge in [0.1, 0.15) is 40.9 Å². The maximum absolute atomic E-state index is 14.4. The van der Waals surface area contributed by atoms with E-state index in [1.807, 2.05) is 44.4 Å². The number of ether oxygens (including phenoxy) is 2. The predicted octanol–water partition coefficient (Wildman–Crippen LogP) is 6.14. The van der Waals surface area contributed by atoms with Crippen LogP contribution in [0.15, 0.2) is 95.5 Å². The number of allylic oxidation sites excluding steroid dienone is 1. The number of carbonyl (C=O) groups is 2. The Morgan fingerprint density at radius 3 is 2.65 bits per heavy atom. The Bertz CT molecular complexity index is 2170. The lowest BCUT2D eigenvalue weighted by atomic mass is 10.0. The van der Waals surface area contributed by atoms with Gasteiger partial charge >= 0.3 is 11.9 Å². The molecule has 0 bridgehead atoms. The van der Waals surface area contributed by atoms with Crippen LogP contribution in [0.2, 0.25) is 5.02 Å². The number of halogens is 1. The maximum Gasteiger partial charge on any atom is 0.368 e. The predicted molar refractivity (Wildman–Crippen MR) is 205 cm³/mol. The summed E-state index contributed by atoms with van der Waals surface area (Å²) in [5.41, 5.74) is 3.26. The number of pyridine rings is 1. The van der Waals surface area contributed by atoms with Crippen LogP contribution in [0.3, 0.4) is 0 Å². The van der Waals surface area contributed by atoms with Gasteiger partial charge in [-0.05, 0) is 40.3 Å². The zero-order valence-corrected chi connectivity index (χ0v) is 31.0. The van der Waals surface area contributed by atoms with Crippen LogP contribution < -0.4 is 24.6 Å². The molecule has 2 aromatic carbocycles. The van der Waals surface area contributed by atoms with Gasteiger partial charge in [0.15, 0.2) is 5.78 Å². The molecule has 0 fully saturated rings. The first-order chi connectivity index (χ1) is 25.9. The lowest BCUT2D eigenvalue weighted by Crippen LogP contribution is -2.47. The van der Waals surface area contributed by atoms with E-state index in [-0.39, 0.29) is 42.1 Å². The molecule has 2 amide bonds. The van der Waals surface area contributed by atoms with Crippen molar-refractivity contribution < 1.29 is 28.5 Å². The number of nitrogens with one attached hydrogen (secondary N) is 1. The molecule has 6 rings (SSSR count). The second-order valence-corrected chi connectivity index (χ2v) is 13.7. The lowest BCUT2D eigenvalue weighted by Gasteiger charge is -2.36. The Labute approximate surface area is 317 Å². The van der Waals surface area contributed by atoms with Crippen molar-refractivity contribution >= 4 is 52.9 Å². The number of amides is 2. The molecule has 4 aromatic rings. The molecule has 2 aliphatic heterocycles. The monoisotopic (exact) mass is 752 g/mol. The number of aliphatic imine (C=N–C) groups is 1. The Morgan fingerprint density at radius 1 is 1.09 bits per heavy atom. The first kappa shape index (κ1) is 37.6. The number of quaternary nitrogens is 1. The van der Waals surface area contributed by atoms with Gasteiger partial charge in [0, 0.05) is 42.9 Å². The third-order valence-corrected chi connectivity index (χ3v) is 9.19. The molecule has 0 atom stereocenters.